The smallest absolute Gasteiger partial charge is 0.143 e. The van der Waals surface area contributed by atoms with Crippen LogP contribution in [0.4, 0.5) is 5.82 Å². The SMILES string of the molecule is CN1CCN(c2cc(CC(=O)Cc3cc4cc(-c5cnn(C)c5)cnc4cn3)ccn2)CC1. The van der Waals surface area contributed by atoms with E-state index in [1.165, 1.54) is 0 Å². The number of carbonyl (C=O) groups excluding carboxylic acids is 1. The van der Waals surface area contributed by atoms with E-state index in [4.69, 9.17) is 0 Å². The number of likely N-dealkylation sites (N-methyl/N-ethyl adjacent to an activating group) is 1. The van der Waals surface area contributed by atoms with E-state index in [9.17, 15) is 4.79 Å². The van der Waals surface area contributed by atoms with E-state index in [2.05, 4.69) is 43.0 Å². The van der Waals surface area contributed by atoms with Gasteiger partial charge in [0.25, 0.3) is 0 Å². The number of carbonyl (C=O) groups is 1. The third-order valence-electron chi connectivity index (χ3n) is 6.08. The number of nitrogens with zero attached hydrogens (tertiary/aromatic N) is 7. The predicted octanol–water partition coefficient (Wildman–Crippen LogP) is 2.53. The van der Waals surface area contributed by atoms with Crippen molar-refractivity contribution in [1.29, 1.82) is 0 Å². The lowest BCUT2D eigenvalue weighted by atomic mass is 10.0. The summed E-state index contributed by atoms with van der Waals surface area (Å²) in [5.41, 5.74) is 4.56. The Balaban J connectivity index is 1.28. The van der Waals surface area contributed by atoms with Gasteiger partial charge in [-0.15, -0.1) is 0 Å². The number of piperazine rings is 1. The Morgan fingerprint density at radius 3 is 2.55 bits per heavy atom. The van der Waals surface area contributed by atoms with E-state index in [1.807, 2.05) is 43.8 Å². The van der Waals surface area contributed by atoms with E-state index in [-0.39, 0.29) is 5.78 Å². The molecule has 5 rings (SSSR count). The lowest BCUT2D eigenvalue weighted by molar-refractivity contribution is -0.117. The van der Waals surface area contributed by atoms with Crippen molar-refractivity contribution in [3.8, 4) is 11.1 Å². The van der Waals surface area contributed by atoms with Gasteiger partial charge >= 0.3 is 0 Å². The Kier molecular flexibility index (Phi) is 5.83. The second-order valence-electron chi connectivity index (χ2n) is 8.70. The van der Waals surface area contributed by atoms with Crippen LogP contribution >= 0.6 is 0 Å². The molecule has 4 aromatic heterocycles. The molecule has 168 valence electrons. The van der Waals surface area contributed by atoms with Crippen LogP contribution in [-0.4, -0.2) is 68.6 Å². The molecule has 8 nitrogen and oxygen atoms in total. The number of pyridine rings is 3. The van der Waals surface area contributed by atoms with Crippen molar-refractivity contribution in [2.75, 3.05) is 38.1 Å². The average molecular weight is 442 g/mol. The monoisotopic (exact) mass is 441 g/mol. The topological polar surface area (TPSA) is 80.0 Å². The van der Waals surface area contributed by atoms with Gasteiger partial charge in [0, 0.05) is 86.9 Å². The van der Waals surface area contributed by atoms with Gasteiger partial charge < -0.3 is 9.80 Å². The molecule has 1 aliphatic heterocycles. The molecule has 0 atom stereocenters. The third kappa shape index (κ3) is 4.90. The van der Waals surface area contributed by atoms with Crippen molar-refractivity contribution in [1.82, 2.24) is 29.6 Å². The van der Waals surface area contributed by atoms with Crippen LogP contribution < -0.4 is 4.90 Å². The van der Waals surface area contributed by atoms with Crippen LogP contribution in [0, 0.1) is 0 Å². The fraction of sp³-hybridized carbons (Fsp3) is 0.320. The molecule has 0 bridgehead atoms. The highest BCUT2D eigenvalue weighted by Crippen LogP contribution is 2.22. The van der Waals surface area contributed by atoms with Crippen LogP contribution in [0.25, 0.3) is 22.0 Å². The maximum Gasteiger partial charge on any atom is 0.143 e. The Hall–Kier alpha value is -3.65. The number of ketones is 1. The molecule has 0 aliphatic carbocycles. The third-order valence-corrected chi connectivity index (χ3v) is 6.08. The molecule has 0 saturated carbocycles. The van der Waals surface area contributed by atoms with Crippen LogP contribution in [-0.2, 0) is 24.7 Å². The molecule has 8 heteroatoms. The summed E-state index contributed by atoms with van der Waals surface area (Å²) in [5.74, 6) is 1.08. The Bertz CT molecular complexity index is 1290. The normalized spacial score (nSPS) is 14.7. The fourth-order valence-corrected chi connectivity index (χ4v) is 4.17. The molecule has 1 aliphatic rings. The maximum absolute atomic E-state index is 12.8. The lowest BCUT2D eigenvalue weighted by Gasteiger charge is -2.33. The van der Waals surface area contributed by atoms with E-state index < -0.39 is 0 Å². The Morgan fingerprint density at radius 2 is 1.76 bits per heavy atom. The molecule has 0 spiro atoms. The molecule has 0 unspecified atom stereocenters. The van der Waals surface area contributed by atoms with Crippen molar-refractivity contribution < 1.29 is 4.79 Å². The minimum Gasteiger partial charge on any atom is -0.354 e. The van der Waals surface area contributed by atoms with Gasteiger partial charge in [0.05, 0.1) is 17.9 Å². The highest BCUT2D eigenvalue weighted by Gasteiger charge is 2.16. The number of hydrogen-bond acceptors (Lipinski definition) is 7. The first-order chi connectivity index (χ1) is 16.0. The number of aryl methyl sites for hydroxylation is 1. The summed E-state index contributed by atoms with van der Waals surface area (Å²) in [5, 5.41) is 5.20. The van der Waals surface area contributed by atoms with Crippen LogP contribution in [0.15, 0.2) is 55.2 Å². The lowest BCUT2D eigenvalue weighted by Crippen LogP contribution is -2.44. The Labute approximate surface area is 192 Å². The zero-order chi connectivity index (χ0) is 22.8. The van der Waals surface area contributed by atoms with Crippen LogP contribution in [0.3, 0.4) is 0 Å². The van der Waals surface area contributed by atoms with Gasteiger partial charge in [0.15, 0.2) is 0 Å². The number of aromatic nitrogens is 5. The van der Waals surface area contributed by atoms with Crippen LogP contribution in [0.2, 0.25) is 0 Å². The van der Waals surface area contributed by atoms with Crippen molar-refractivity contribution in [3.63, 3.8) is 0 Å². The number of fused-ring (bicyclic) bond motifs is 1. The van der Waals surface area contributed by atoms with Crippen molar-refractivity contribution in [3.05, 3.63) is 66.5 Å². The summed E-state index contributed by atoms with van der Waals surface area (Å²) in [6.07, 6.45) is 9.81. The zero-order valence-electron chi connectivity index (χ0n) is 19.0. The van der Waals surface area contributed by atoms with E-state index in [1.54, 1.807) is 17.1 Å². The van der Waals surface area contributed by atoms with Crippen molar-refractivity contribution in [2.24, 2.45) is 7.05 Å². The highest BCUT2D eigenvalue weighted by atomic mass is 16.1. The van der Waals surface area contributed by atoms with Gasteiger partial charge in [0.1, 0.15) is 11.6 Å². The molecule has 0 radical (unpaired) electrons. The molecular weight excluding hydrogens is 414 g/mol. The molecular formula is C25H27N7O. The zero-order valence-corrected chi connectivity index (χ0v) is 19.0. The van der Waals surface area contributed by atoms with E-state index >= 15 is 0 Å². The molecule has 33 heavy (non-hydrogen) atoms. The first kappa shape index (κ1) is 21.2. The summed E-state index contributed by atoms with van der Waals surface area (Å²) >= 11 is 0. The molecule has 0 aromatic carbocycles. The second kappa shape index (κ2) is 9.07. The van der Waals surface area contributed by atoms with Crippen LogP contribution in [0.1, 0.15) is 11.3 Å². The van der Waals surface area contributed by atoms with E-state index in [0.717, 1.165) is 65.3 Å². The quantitative estimate of drug-likeness (QED) is 0.455. The standard InChI is InChI=1S/C25H27N7O/c1-30-5-7-32(8-6-30)25-10-18(3-4-26-25)9-23(33)13-22-12-19-11-20(14-28-24(19)16-27-22)21-15-29-31(2)17-21/h3-4,10-12,14-17H,5-9,13H2,1-2H3. The molecule has 0 N–H and O–H groups in total. The minimum absolute atomic E-state index is 0.133. The van der Waals surface area contributed by atoms with Crippen LogP contribution in [0.5, 0.6) is 0 Å². The molecule has 0 amide bonds. The predicted molar refractivity (Wildman–Crippen MR) is 128 cm³/mol. The van der Waals surface area contributed by atoms with Gasteiger partial charge in [-0.1, -0.05) is 0 Å². The molecule has 1 fully saturated rings. The van der Waals surface area contributed by atoms with Gasteiger partial charge in [0.2, 0.25) is 0 Å². The summed E-state index contributed by atoms with van der Waals surface area (Å²) in [6, 6.07) is 8.00. The second-order valence-corrected chi connectivity index (χ2v) is 8.70. The molecule has 4 aromatic rings. The molecule has 1 saturated heterocycles. The first-order valence-corrected chi connectivity index (χ1v) is 11.2. The van der Waals surface area contributed by atoms with Gasteiger partial charge in [-0.25, -0.2) is 4.98 Å². The number of hydrogen-bond donors (Lipinski definition) is 0. The van der Waals surface area contributed by atoms with Gasteiger partial charge in [-0.05, 0) is 36.9 Å². The highest BCUT2D eigenvalue weighted by molar-refractivity contribution is 5.86. The molecule has 5 heterocycles. The maximum atomic E-state index is 12.8. The number of anilines is 1. The fourth-order valence-electron chi connectivity index (χ4n) is 4.17. The number of Topliss-reactive ketones (excluding diaryl/α,β-unsaturated/α-hetero) is 1. The van der Waals surface area contributed by atoms with Crippen molar-refractivity contribution >= 4 is 22.5 Å². The van der Waals surface area contributed by atoms with Gasteiger partial charge in [-0.2, -0.15) is 5.10 Å². The first-order valence-electron chi connectivity index (χ1n) is 11.2. The summed E-state index contributed by atoms with van der Waals surface area (Å²) < 4.78 is 1.77. The summed E-state index contributed by atoms with van der Waals surface area (Å²) in [4.78, 5) is 30.9. The van der Waals surface area contributed by atoms with Crippen molar-refractivity contribution in [2.45, 2.75) is 12.8 Å². The van der Waals surface area contributed by atoms with Gasteiger partial charge in [-0.3, -0.25) is 19.4 Å². The number of rotatable bonds is 6. The largest absolute Gasteiger partial charge is 0.354 e. The minimum atomic E-state index is 0.133. The summed E-state index contributed by atoms with van der Waals surface area (Å²) in [6.45, 7) is 3.96. The van der Waals surface area contributed by atoms with E-state index in [0.29, 0.717) is 12.8 Å². The average Bonchev–Trinajstić information content (AvgIpc) is 3.25. The Morgan fingerprint density at radius 1 is 0.909 bits per heavy atom. The summed E-state index contributed by atoms with van der Waals surface area (Å²) in [7, 11) is 4.03.